The van der Waals surface area contributed by atoms with Gasteiger partial charge in [0.1, 0.15) is 0 Å². The van der Waals surface area contributed by atoms with Crippen LogP contribution in [0.25, 0.3) is 0 Å². The zero-order valence-electron chi connectivity index (χ0n) is 11.4. The lowest BCUT2D eigenvalue weighted by Gasteiger charge is -2.21. The number of rotatable bonds is 10. The molecule has 0 spiro atoms. The molecular weight excluding hydrogens is 220 g/mol. The number of likely N-dealkylation sites (N-methyl/N-ethyl adjacent to an activating group) is 1. The van der Waals surface area contributed by atoms with Crippen LogP contribution in [0.2, 0.25) is 0 Å². The summed E-state index contributed by atoms with van der Waals surface area (Å²) in [4.78, 5) is 2.42. The minimum Gasteiger partial charge on any atom is -0.314 e. The third-order valence-corrected chi connectivity index (χ3v) is 3.91. The second-order valence-corrected chi connectivity index (χ2v) is 4.88. The SMILES string of the molecule is CCC(CC)C(Cl)CNCCN(CC)CC. The second kappa shape index (κ2) is 10.4. The quantitative estimate of drug-likeness (QED) is 0.472. The first-order valence-corrected chi connectivity index (χ1v) is 7.20. The summed E-state index contributed by atoms with van der Waals surface area (Å²) in [5.74, 6) is 0.655. The first-order valence-electron chi connectivity index (χ1n) is 6.76. The van der Waals surface area contributed by atoms with Gasteiger partial charge in [0.2, 0.25) is 0 Å². The van der Waals surface area contributed by atoms with Gasteiger partial charge in [0.25, 0.3) is 0 Å². The fraction of sp³-hybridized carbons (Fsp3) is 1.00. The summed E-state index contributed by atoms with van der Waals surface area (Å²) in [6, 6.07) is 0. The molecule has 0 aromatic heterocycles. The van der Waals surface area contributed by atoms with Crippen LogP contribution in [0, 0.1) is 5.92 Å². The van der Waals surface area contributed by atoms with Gasteiger partial charge in [-0.25, -0.2) is 0 Å². The Labute approximate surface area is 107 Å². The lowest BCUT2D eigenvalue weighted by atomic mass is 9.99. The van der Waals surface area contributed by atoms with Crippen LogP contribution in [0.4, 0.5) is 0 Å². The number of nitrogens with one attached hydrogen (secondary N) is 1. The molecule has 3 heteroatoms. The van der Waals surface area contributed by atoms with Crippen molar-refractivity contribution >= 4 is 11.6 Å². The molecule has 0 aliphatic rings. The Morgan fingerprint density at radius 2 is 1.62 bits per heavy atom. The Morgan fingerprint density at radius 3 is 2.06 bits per heavy atom. The molecule has 0 bridgehead atoms. The average molecular weight is 249 g/mol. The van der Waals surface area contributed by atoms with Crippen LogP contribution in [0.15, 0.2) is 0 Å². The third-order valence-electron chi connectivity index (χ3n) is 3.40. The van der Waals surface area contributed by atoms with Gasteiger partial charge < -0.3 is 10.2 Å². The maximum Gasteiger partial charge on any atom is 0.0488 e. The Balaban J connectivity index is 3.57. The number of halogens is 1. The van der Waals surface area contributed by atoms with Crippen molar-refractivity contribution in [3.05, 3.63) is 0 Å². The highest BCUT2D eigenvalue weighted by Crippen LogP contribution is 2.17. The number of nitrogens with zero attached hydrogens (tertiary/aromatic N) is 1. The second-order valence-electron chi connectivity index (χ2n) is 4.32. The molecule has 98 valence electrons. The van der Waals surface area contributed by atoms with E-state index in [1.54, 1.807) is 0 Å². The van der Waals surface area contributed by atoms with Crippen molar-refractivity contribution in [2.24, 2.45) is 5.92 Å². The molecule has 0 rings (SSSR count). The van der Waals surface area contributed by atoms with Gasteiger partial charge in [-0.3, -0.25) is 0 Å². The number of alkyl halides is 1. The Kier molecular flexibility index (Phi) is 10.5. The van der Waals surface area contributed by atoms with E-state index in [0.29, 0.717) is 5.92 Å². The smallest absolute Gasteiger partial charge is 0.0488 e. The maximum atomic E-state index is 6.35. The van der Waals surface area contributed by atoms with E-state index < -0.39 is 0 Å². The molecule has 0 aromatic rings. The van der Waals surface area contributed by atoms with Gasteiger partial charge in [0.05, 0.1) is 0 Å². The number of hydrogen-bond acceptors (Lipinski definition) is 2. The van der Waals surface area contributed by atoms with Gasteiger partial charge in [-0.1, -0.05) is 40.5 Å². The van der Waals surface area contributed by atoms with Gasteiger partial charge >= 0.3 is 0 Å². The molecule has 0 aromatic carbocycles. The van der Waals surface area contributed by atoms with Gasteiger partial charge in [-0.05, 0) is 19.0 Å². The van der Waals surface area contributed by atoms with Crippen molar-refractivity contribution in [2.75, 3.05) is 32.7 Å². The molecule has 0 fully saturated rings. The molecule has 1 N–H and O–H groups in total. The summed E-state index contributed by atoms with van der Waals surface area (Å²) < 4.78 is 0. The van der Waals surface area contributed by atoms with E-state index in [-0.39, 0.29) is 5.38 Å². The van der Waals surface area contributed by atoms with Crippen LogP contribution >= 0.6 is 11.6 Å². The van der Waals surface area contributed by atoms with Crippen LogP contribution in [0.5, 0.6) is 0 Å². The highest BCUT2D eigenvalue weighted by atomic mass is 35.5. The lowest BCUT2D eigenvalue weighted by molar-refractivity contribution is 0.300. The van der Waals surface area contributed by atoms with Crippen molar-refractivity contribution in [1.29, 1.82) is 0 Å². The summed E-state index contributed by atoms with van der Waals surface area (Å²) in [5.41, 5.74) is 0. The van der Waals surface area contributed by atoms with E-state index in [9.17, 15) is 0 Å². The maximum absolute atomic E-state index is 6.35. The molecule has 0 heterocycles. The largest absolute Gasteiger partial charge is 0.314 e. The van der Waals surface area contributed by atoms with E-state index in [0.717, 1.165) is 32.7 Å². The van der Waals surface area contributed by atoms with Crippen molar-refractivity contribution < 1.29 is 0 Å². The van der Waals surface area contributed by atoms with E-state index in [4.69, 9.17) is 11.6 Å². The molecule has 0 amide bonds. The van der Waals surface area contributed by atoms with E-state index in [1.165, 1.54) is 12.8 Å². The third kappa shape index (κ3) is 6.72. The number of hydrogen-bond donors (Lipinski definition) is 1. The molecule has 0 aliphatic carbocycles. The molecular formula is C13H29ClN2. The fourth-order valence-corrected chi connectivity index (χ4v) is 2.45. The van der Waals surface area contributed by atoms with Gasteiger partial charge in [0, 0.05) is 25.0 Å². The monoisotopic (exact) mass is 248 g/mol. The van der Waals surface area contributed by atoms with Gasteiger partial charge in [0.15, 0.2) is 0 Å². The summed E-state index contributed by atoms with van der Waals surface area (Å²) in [7, 11) is 0. The van der Waals surface area contributed by atoms with Crippen LogP contribution in [-0.4, -0.2) is 43.0 Å². The fourth-order valence-electron chi connectivity index (χ4n) is 1.98. The van der Waals surface area contributed by atoms with Crippen LogP contribution in [0.1, 0.15) is 40.5 Å². The first-order chi connectivity index (χ1) is 7.69. The van der Waals surface area contributed by atoms with Crippen molar-refractivity contribution in [1.82, 2.24) is 10.2 Å². The van der Waals surface area contributed by atoms with Crippen molar-refractivity contribution in [3.63, 3.8) is 0 Å². The molecule has 1 atom stereocenters. The molecule has 16 heavy (non-hydrogen) atoms. The first kappa shape index (κ1) is 16.2. The predicted molar refractivity (Wildman–Crippen MR) is 74.4 cm³/mol. The minimum absolute atomic E-state index is 0.284. The minimum atomic E-state index is 0.284. The van der Waals surface area contributed by atoms with E-state index in [2.05, 4.69) is 37.9 Å². The normalized spacial score (nSPS) is 13.7. The summed E-state index contributed by atoms with van der Waals surface area (Å²) in [6.07, 6.45) is 2.37. The molecule has 0 saturated carbocycles. The van der Waals surface area contributed by atoms with Gasteiger partial charge in [-0.15, -0.1) is 11.6 Å². The van der Waals surface area contributed by atoms with Crippen LogP contribution in [0.3, 0.4) is 0 Å². The summed E-state index contributed by atoms with van der Waals surface area (Å²) in [6.45, 7) is 14.2. The molecule has 0 saturated heterocycles. The molecule has 1 unspecified atom stereocenters. The lowest BCUT2D eigenvalue weighted by Crippen LogP contribution is -2.35. The van der Waals surface area contributed by atoms with Crippen molar-refractivity contribution in [3.8, 4) is 0 Å². The topological polar surface area (TPSA) is 15.3 Å². The molecule has 0 radical (unpaired) electrons. The van der Waals surface area contributed by atoms with E-state index in [1.807, 2.05) is 0 Å². The highest BCUT2D eigenvalue weighted by molar-refractivity contribution is 6.21. The molecule has 0 aliphatic heterocycles. The van der Waals surface area contributed by atoms with E-state index >= 15 is 0 Å². The molecule has 2 nitrogen and oxygen atoms in total. The zero-order chi connectivity index (χ0) is 12.4. The van der Waals surface area contributed by atoms with Gasteiger partial charge in [-0.2, -0.15) is 0 Å². The standard InChI is InChI=1S/C13H29ClN2/c1-5-12(6-2)13(14)11-15-9-10-16(7-3)8-4/h12-13,15H,5-11H2,1-4H3. The average Bonchev–Trinajstić information content (AvgIpc) is 2.31. The Hall–Kier alpha value is 0.210. The van der Waals surface area contributed by atoms with Crippen LogP contribution in [-0.2, 0) is 0 Å². The summed E-state index contributed by atoms with van der Waals surface area (Å²) in [5, 5.41) is 3.74. The Bertz CT molecular complexity index is 145. The van der Waals surface area contributed by atoms with Crippen LogP contribution < -0.4 is 5.32 Å². The predicted octanol–water partition coefficient (Wildman–Crippen LogP) is 2.96. The Morgan fingerprint density at radius 1 is 1.06 bits per heavy atom. The highest BCUT2D eigenvalue weighted by Gasteiger charge is 2.14. The zero-order valence-corrected chi connectivity index (χ0v) is 12.2. The van der Waals surface area contributed by atoms with Crippen molar-refractivity contribution in [2.45, 2.75) is 45.9 Å². The summed E-state index contributed by atoms with van der Waals surface area (Å²) >= 11 is 6.35.